The summed E-state index contributed by atoms with van der Waals surface area (Å²) in [5.74, 6) is 0. The summed E-state index contributed by atoms with van der Waals surface area (Å²) in [4.78, 5) is 2.60. The minimum absolute atomic E-state index is 0.635. The van der Waals surface area contributed by atoms with Gasteiger partial charge in [-0.15, -0.1) is 0 Å². The van der Waals surface area contributed by atoms with Crippen LogP contribution >= 0.6 is 0 Å². The molecule has 17 heavy (non-hydrogen) atoms. The summed E-state index contributed by atoms with van der Waals surface area (Å²) in [6.45, 7) is 6.58. The van der Waals surface area contributed by atoms with Gasteiger partial charge >= 0.3 is 0 Å². The standard InChI is InChI=1S/C14H27N3/c1-13-8-4-3-6-10-17(13)11-7-5-9-14(2,16)12-15/h13H,3-11,16H2,1-2H3. The van der Waals surface area contributed by atoms with Crippen LogP contribution in [0.15, 0.2) is 0 Å². The second-order valence-corrected chi connectivity index (χ2v) is 5.72. The highest BCUT2D eigenvalue weighted by atomic mass is 15.1. The van der Waals surface area contributed by atoms with E-state index in [0.717, 1.165) is 18.9 Å². The number of nitrogens with zero attached hydrogens (tertiary/aromatic N) is 2. The molecule has 0 aliphatic carbocycles. The summed E-state index contributed by atoms with van der Waals surface area (Å²) >= 11 is 0. The molecule has 2 atom stereocenters. The molecule has 1 rings (SSSR count). The van der Waals surface area contributed by atoms with Crippen LogP contribution in [0.25, 0.3) is 0 Å². The quantitative estimate of drug-likeness (QED) is 0.748. The maximum Gasteiger partial charge on any atom is 0.101 e. The van der Waals surface area contributed by atoms with Gasteiger partial charge in [-0.1, -0.05) is 12.8 Å². The first-order valence-corrected chi connectivity index (χ1v) is 6.99. The largest absolute Gasteiger partial charge is 0.314 e. The highest BCUT2D eigenvalue weighted by Gasteiger charge is 2.18. The molecule has 2 N–H and O–H groups in total. The van der Waals surface area contributed by atoms with Gasteiger partial charge in [0.15, 0.2) is 0 Å². The highest BCUT2D eigenvalue weighted by Crippen LogP contribution is 2.17. The van der Waals surface area contributed by atoms with E-state index in [1.54, 1.807) is 0 Å². The van der Waals surface area contributed by atoms with Gasteiger partial charge < -0.3 is 10.6 Å². The summed E-state index contributed by atoms with van der Waals surface area (Å²) in [6.07, 6.45) is 8.49. The average molecular weight is 237 g/mol. The maximum absolute atomic E-state index is 8.84. The summed E-state index contributed by atoms with van der Waals surface area (Å²) in [5.41, 5.74) is 5.18. The van der Waals surface area contributed by atoms with Crippen molar-refractivity contribution in [1.29, 1.82) is 5.26 Å². The lowest BCUT2D eigenvalue weighted by molar-refractivity contribution is 0.208. The zero-order chi connectivity index (χ0) is 12.7. The van der Waals surface area contributed by atoms with Crippen LogP contribution in [0.1, 0.15) is 58.8 Å². The normalized spacial score (nSPS) is 25.9. The van der Waals surface area contributed by atoms with Crippen molar-refractivity contribution in [3.63, 3.8) is 0 Å². The molecule has 1 saturated heterocycles. The van der Waals surface area contributed by atoms with E-state index >= 15 is 0 Å². The number of unbranched alkanes of at least 4 members (excludes halogenated alkanes) is 1. The molecule has 0 saturated carbocycles. The van der Waals surface area contributed by atoms with Crippen LogP contribution in [0.2, 0.25) is 0 Å². The van der Waals surface area contributed by atoms with E-state index < -0.39 is 5.54 Å². The van der Waals surface area contributed by atoms with Gasteiger partial charge in [0.1, 0.15) is 5.54 Å². The average Bonchev–Trinajstić information content (AvgIpc) is 2.50. The van der Waals surface area contributed by atoms with Gasteiger partial charge in [-0.3, -0.25) is 0 Å². The molecule has 1 aliphatic heterocycles. The number of hydrogen-bond donors (Lipinski definition) is 1. The molecular weight excluding hydrogens is 210 g/mol. The van der Waals surface area contributed by atoms with Gasteiger partial charge in [-0.05, 0) is 59.0 Å². The predicted molar refractivity (Wildman–Crippen MR) is 71.6 cm³/mol. The number of nitriles is 1. The first kappa shape index (κ1) is 14.5. The van der Waals surface area contributed by atoms with Crippen LogP contribution in [-0.4, -0.2) is 29.6 Å². The van der Waals surface area contributed by atoms with E-state index in [-0.39, 0.29) is 0 Å². The summed E-state index contributed by atoms with van der Waals surface area (Å²) < 4.78 is 0. The Morgan fingerprint density at radius 1 is 1.35 bits per heavy atom. The minimum Gasteiger partial charge on any atom is -0.314 e. The zero-order valence-corrected chi connectivity index (χ0v) is 11.4. The number of likely N-dealkylation sites (tertiary alicyclic amines) is 1. The molecule has 0 amide bonds. The molecule has 1 aliphatic rings. The van der Waals surface area contributed by atoms with Crippen LogP contribution in [0.3, 0.4) is 0 Å². The molecular formula is C14H27N3. The van der Waals surface area contributed by atoms with Crippen LogP contribution in [0, 0.1) is 11.3 Å². The van der Waals surface area contributed by atoms with Crippen molar-refractivity contribution in [3.05, 3.63) is 0 Å². The predicted octanol–water partition coefficient (Wildman–Crippen LogP) is 2.66. The number of nitrogens with two attached hydrogens (primary N) is 1. The van der Waals surface area contributed by atoms with Crippen LogP contribution in [-0.2, 0) is 0 Å². The van der Waals surface area contributed by atoms with E-state index in [1.165, 1.54) is 45.2 Å². The van der Waals surface area contributed by atoms with E-state index in [0.29, 0.717) is 0 Å². The van der Waals surface area contributed by atoms with Crippen molar-refractivity contribution in [1.82, 2.24) is 4.90 Å². The first-order valence-electron chi connectivity index (χ1n) is 6.99. The maximum atomic E-state index is 8.84. The minimum atomic E-state index is -0.635. The Labute approximate surface area is 106 Å². The van der Waals surface area contributed by atoms with Crippen LogP contribution in [0.4, 0.5) is 0 Å². The van der Waals surface area contributed by atoms with Gasteiger partial charge in [0.25, 0.3) is 0 Å². The van der Waals surface area contributed by atoms with E-state index in [4.69, 9.17) is 11.0 Å². The second kappa shape index (κ2) is 6.98. The van der Waals surface area contributed by atoms with Gasteiger partial charge in [0, 0.05) is 6.04 Å². The lowest BCUT2D eigenvalue weighted by Gasteiger charge is -2.27. The van der Waals surface area contributed by atoms with E-state index in [9.17, 15) is 0 Å². The fourth-order valence-electron chi connectivity index (χ4n) is 2.53. The van der Waals surface area contributed by atoms with Crippen molar-refractivity contribution in [2.45, 2.75) is 70.4 Å². The lowest BCUT2D eigenvalue weighted by atomic mass is 9.98. The molecule has 0 aromatic rings. The first-order chi connectivity index (χ1) is 8.05. The molecule has 0 aromatic carbocycles. The molecule has 0 bridgehead atoms. The monoisotopic (exact) mass is 237 g/mol. The molecule has 98 valence electrons. The Kier molecular flexibility index (Phi) is 5.94. The number of hydrogen-bond acceptors (Lipinski definition) is 3. The smallest absolute Gasteiger partial charge is 0.101 e. The Hall–Kier alpha value is -0.590. The van der Waals surface area contributed by atoms with E-state index in [2.05, 4.69) is 17.9 Å². The SMILES string of the molecule is CC1CCCCCN1CCCCC(C)(N)C#N. The van der Waals surface area contributed by atoms with Crippen molar-refractivity contribution in [2.75, 3.05) is 13.1 Å². The van der Waals surface area contributed by atoms with Gasteiger partial charge in [-0.25, -0.2) is 0 Å². The van der Waals surface area contributed by atoms with Crippen LogP contribution in [0.5, 0.6) is 0 Å². The van der Waals surface area contributed by atoms with Gasteiger partial charge in [-0.2, -0.15) is 5.26 Å². The third kappa shape index (κ3) is 5.52. The summed E-state index contributed by atoms with van der Waals surface area (Å²) in [5, 5.41) is 8.84. The molecule has 1 heterocycles. The summed E-state index contributed by atoms with van der Waals surface area (Å²) in [7, 11) is 0. The highest BCUT2D eigenvalue weighted by molar-refractivity contribution is 5.00. The molecule has 0 spiro atoms. The van der Waals surface area contributed by atoms with Crippen molar-refractivity contribution < 1.29 is 0 Å². The molecule has 3 heteroatoms. The number of rotatable bonds is 5. The Balaban J connectivity index is 2.19. The van der Waals surface area contributed by atoms with Crippen molar-refractivity contribution in [3.8, 4) is 6.07 Å². The van der Waals surface area contributed by atoms with Gasteiger partial charge in [0.2, 0.25) is 0 Å². The van der Waals surface area contributed by atoms with Crippen LogP contribution < -0.4 is 5.73 Å². The fourth-order valence-corrected chi connectivity index (χ4v) is 2.53. The molecule has 0 aromatic heterocycles. The topological polar surface area (TPSA) is 53.0 Å². The van der Waals surface area contributed by atoms with E-state index in [1.807, 2.05) is 6.92 Å². The van der Waals surface area contributed by atoms with Crippen molar-refractivity contribution in [2.24, 2.45) is 5.73 Å². The molecule has 3 nitrogen and oxygen atoms in total. The Morgan fingerprint density at radius 2 is 2.12 bits per heavy atom. The molecule has 1 fully saturated rings. The lowest BCUT2D eigenvalue weighted by Crippen LogP contribution is -2.35. The zero-order valence-electron chi connectivity index (χ0n) is 11.4. The van der Waals surface area contributed by atoms with Crippen molar-refractivity contribution >= 4 is 0 Å². The molecule has 2 unspecified atom stereocenters. The molecule has 0 radical (unpaired) electrons. The summed E-state index contributed by atoms with van der Waals surface area (Å²) in [6, 6.07) is 2.90. The Bertz CT molecular complexity index is 255. The Morgan fingerprint density at radius 3 is 2.82 bits per heavy atom. The fraction of sp³-hybridized carbons (Fsp3) is 0.929. The third-order valence-electron chi connectivity index (χ3n) is 3.84. The second-order valence-electron chi connectivity index (χ2n) is 5.72. The van der Waals surface area contributed by atoms with Gasteiger partial charge in [0.05, 0.1) is 6.07 Å². The third-order valence-corrected chi connectivity index (χ3v) is 3.84.